The highest BCUT2D eigenvalue weighted by atomic mass is 16.5. The lowest BCUT2D eigenvalue weighted by Crippen LogP contribution is -2.16. The predicted molar refractivity (Wildman–Crippen MR) is 152 cm³/mol. The predicted octanol–water partition coefficient (Wildman–Crippen LogP) is 8.43. The van der Waals surface area contributed by atoms with Gasteiger partial charge in [0.25, 0.3) is 0 Å². The second-order valence-corrected chi connectivity index (χ2v) is 11.7. The third-order valence-electron chi connectivity index (χ3n) is 8.25. The Hall–Kier alpha value is -3.27. The molecule has 4 heteroatoms. The Balaban J connectivity index is 1.38. The average molecular weight is 513 g/mol. The average Bonchev–Trinajstić information content (AvgIpc) is 3.66. The zero-order valence-electron chi connectivity index (χ0n) is 23.2. The summed E-state index contributed by atoms with van der Waals surface area (Å²) >= 11 is 0. The molecule has 0 spiro atoms. The van der Waals surface area contributed by atoms with E-state index in [4.69, 9.17) is 14.2 Å². The number of rotatable bonds is 10. The topological polar surface area (TPSA) is 44.8 Å². The second kappa shape index (κ2) is 11.2. The van der Waals surface area contributed by atoms with Crippen LogP contribution in [-0.4, -0.2) is 19.2 Å². The summed E-state index contributed by atoms with van der Waals surface area (Å²) in [4.78, 5) is 11.7. The van der Waals surface area contributed by atoms with Crippen LogP contribution in [-0.2, 0) is 16.1 Å². The van der Waals surface area contributed by atoms with Gasteiger partial charge in [0.1, 0.15) is 18.1 Å². The molecule has 2 aliphatic rings. The fourth-order valence-corrected chi connectivity index (χ4v) is 5.80. The highest BCUT2D eigenvalue weighted by molar-refractivity contribution is 5.71. The smallest absolute Gasteiger partial charge is 0.306 e. The molecule has 3 aromatic rings. The van der Waals surface area contributed by atoms with E-state index in [-0.39, 0.29) is 17.3 Å². The highest BCUT2D eigenvalue weighted by Crippen LogP contribution is 2.51. The number of ether oxygens (including phenoxy) is 3. The quantitative estimate of drug-likeness (QED) is 0.256. The Labute approximate surface area is 227 Å². The minimum atomic E-state index is -0.198. The molecular formula is C34H40O4. The van der Waals surface area contributed by atoms with E-state index in [1.165, 1.54) is 48.6 Å². The van der Waals surface area contributed by atoms with Crippen LogP contribution in [0.3, 0.4) is 0 Å². The number of hydrogen-bond donors (Lipinski definition) is 0. The van der Waals surface area contributed by atoms with Crippen LogP contribution in [0.25, 0.3) is 11.1 Å². The fraction of sp³-hybridized carbons (Fsp3) is 0.441. The molecule has 3 aromatic carbocycles. The van der Waals surface area contributed by atoms with Gasteiger partial charge >= 0.3 is 5.97 Å². The van der Waals surface area contributed by atoms with Gasteiger partial charge in [-0.25, -0.2) is 0 Å². The molecule has 0 aromatic heterocycles. The molecule has 0 aliphatic heterocycles. The Morgan fingerprint density at radius 1 is 0.974 bits per heavy atom. The summed E-state index contributed by atoms with van der Waals surface area (Å²) in [6.45, 7) is 7.35. The monoisotopic (exact) mass is 512 g/mol. The number of benzene rings is 3. The molecule has 0 saturated heterocycles. The summed E-state index contributed by atoms with van der Waals surface area (Å²) in [6, 6.07) is 23.5. The van der Waals surface area contributed by atoms with Crippen molar-refractivity contribution in [3.63, 3.8) is 0 Å². The van der Waals surface area contributed by atoms with E-state index in [1.807, 2.05) is 31.2 Å². The first-order valence-corrected chi connectivity index (χ1v) is 14.0. The zero-order chi connectivity index (χ0) is 26.7. The van der Waals surface area contributed by atoms with E-state index < -0.39 is 0 Å². The number of esters is 1. The van der Waals surface area contributed by atoms with Gasteiger partial charge in [-0.1, -0.05) is 69.7 Å². The van der Waals surface area contributed by atoms with E-state index in [0.29, 0.717) is 25.0 Å². The molecule has 2 atom stereocenters. The molecule has 200 valence electrons. The lowest BCUT2D eigenvalue weighted by Gasteiger charge is -2.30. The Morgan fingerprint density at radius 2 is 1.76 bits per heavy atom. The maximum absolute atomic E-state index is 11.7. The standard InChI is InChI=1S/C34H40O4/c1-23(18-33(35)36-4)25-8-5-10-28(20-25)37-22-24-13-16-30(31(19-24)32-12-7-17-34(32,2)3)26-9-6-11-29(21-26)38-27-14-15-27/h5-6,8-11,13,16,19-21,23,27,32H,7,12,14-15,17-18,22H2,1-4H3/t23-,32+/m1/s1. The molecule has 4 nitrogen and oxygen atoms in total. The first-order chi connectivity index (χ1) is 18.3. The van der Waals surface area contributed by atoms with Gasteiger partial charge in [-0.3, -0.25) is 4.79 Å². The molecule has 0 radical (unpaired) electrons. The van der Waals surface area contributed by atoms with Gasteiger partial charge in [0.2, 0.25) is 0 Å². The van der Waals surface area contributed by atoms with Crippen molar-refractivity contribution in [2.24, 2.45) is 5.41 Å². The Kier molecular flexibility index (Phi) is 7.78. The van der Waals surface area contributed by atoms with Gasteiger partial charge < -0.3 is 14.2 Å². The third-order valence-corrected chi connectivity index (χ3v) is 8.25. The minimum absolute atomic E-state index is 0.0705. The molecule has 0 N–H and O–H groups in total. The van der Waals surface area contributed by atoms with E-state index in [9.17, 15) is 4.79 Å². The summed E-state index contributed by atoms with van der Waals surface area (Å²) in [5.41, 5.74) is 6.45. The zero-order valence-corrected chi connectivity index (χ0v) is 23.2. The first kappa shape index (κ1) is 26.3. The van der Waals surface area contributed by atoms with Gasteiger partial charge in [0.15, 0.2) is 0 Å². The molecule has 2 fully saturated rings. The lowest BCUT2D eigenvalue weighted by atomic mass is 9.75. The molecule has 5 rings (SSSR count). The van der Waals surface area contributed by atoms with Crippen LogP contribution in [0.1, 0.15) is 87.8 Å². The Bertz CT molecular complexity index is 1270. The summed E-state index contributed by atoms with van der Waals surface area (Å²) < 4.78 is 17.2. The largest absolute Gasteiger partial charge is 0.490 e. The number of carbonyl (C=O) groups is 1. The maximum atomic E-state index is 11.7. The van der Waals surface area contributed by atoms with Crippen LogP contribution < -0.4 is 9.47 Å². The minimum Gasteiger partial charge on any atom is -0.490 e. The van der Waals surface area contributed by atoms with Crippen molar-refractivity contribution in [3.05, 3.63) is 83.4 Å². The molecular weight excluding hydrogens is 472 g/mol. The summed E-state index contributed by atoms with van der Waals surface area (Å²) in [6.07, 6.45) is 6.79. The highest BCUT2D eigenvalue weighted by Gasteiger charge is 2.37. The van der Waals surface area contributed by atoms with Crippen LogP contribution in [0.4, 0.5) is 0 Å². The molecule has 0 heterocycles. The number of methoxy groups -OCH3 is 1. The summed E-state index contributed by atoms with van der Waals surface area (Å²) in [5.74, 6) is 2.16. The molecule has 2 saturated carbocycles. The van der Waals surface area contributed by atoms with Gasteiger partial charge in [-0.2, -0.15) is 0 Å². The van der Waals surface area contributed by atoms with Crippen LogP contribution in [0.15, 0.2) is 66.7 Å². The van der Waals surface area contributed by atoms with Crippen LogP contribution in [0.2, 0.25) is 0 Å². The van der Waals surface area contributed by atoms with Gasteiger partial charge in [0, 0.05) is 0 Å². The lowest BCUT2D eigenvalue weighted by molar-refractivity contribution is -0.140. The van der Waals surface area contributed by atoms with Gasteiger partial charge in [-0.05, 0) is 95.0 Å². The summed E-state index contributed by atoms with van der Waals surface area (Å²) in [7, 11) is 1.43. The van der Waals surface area contributed by atoms with Crippen LogP contribution >= 0.6 is 0 Å². The SMILES string of the molecule is COC(=O)C[C@@H](C)c1cccc(OCc2ccc(-c3cccc(OC4CC4)c3)c([C@@H]3CCCC3(C)C)c2)c1. The molecule has 2 aliphatic carbocycles. The van der Waals surface area contributed by atoms with Crippen molar-refractivity contribution in [2.75, 3.05) is 7.11 Å². The van der Waals surface area contributed by atoms with Crippen molar-refractivity contribution in [2.45, 2.75) is 83.8 Å². The number of carbonyl (C=O) groups excluding carboxylic acids is 1. The van der Waals surface area contributed by atoms with E-state index in [1.54, 1.807) is 0 Å². The molecule has 0 amide bonds. The van der Waals surface area contributed by atoms with E-state index in [2.05, 4.69) is 56.3 Å². The molecule has 38 heavy (non-hydrogen) atoms. The van der Waals surface area contributed by atoms with Gasteiger partial charge in [-0.15, -0.1) is 0 Å². The Morgan fingerprint density at radius 3 is 2.50 bits per heavy atom. The van der Waals surface area contributed by atoms with Crippen LogP contribution in [0, 0.1) is 5.41 Å². The van der Waals surface area contributed by atoms with Crippen molar-refractivity contribution in [1.82, 2.24) is 0 Å². The number of hydrogen-bond acceptors (Lipinski definition) is 4. The first-order valence-electron chi connectivity index (χ1n) is 14.0. The fourth-order valence-electron chi connectivity index (χ4n) is 5.80. The van der Waals surface area contributed by atoms with Crippen LogP contribution in [0.5, 0.6) is 11.5 Å². The molecule has 0 bridgehead atoms. The third kappa shape index (κ3) is 6.23. The van der Waals surface area contributed by atoms with E-state index >= 15 is 0 Å². The molecule has 0 unspecified atom stereocenters. The maximum Gasteiger partial charge on any atom is 0.306 e. The normalized spacial score (nSPS) is 19.1. The van der Waals surface area contributed by atoms with Crippen molar-refractivity contribution >= 4 is 5.97 Å². The summed E-state index contributed by atoms with van der Waals surface area (Å²) in [5, 5.41) is 0. The van der Waals surface area contributed by atoms with Crippen molar-refractivity contribution < 1.29 is 19.0 Å². The van der Waals surface area contributed by atoms with E-state index in [0.717, 1.165) is 29.9 Å². The van der Waals surface area contributed by atoms with Crippen molar-refractivity contribution in [3.8, 4) is 22.6 Å². The second-order valence-electron chi connectivity index (χ2n) is 11.7. The van der Waals surface area contributed by atoms with Crippen molar-refractivity contribution in [1.29, 1.82) is 0 Å². The van der Waals surface area contributed by atoms with Gasteiger partial charge in [0.05, 0.1) is 19.6 Å².